The zero-order chi connectivity index (χ0) is 11.0. The lowest BCUT2D eigenvalue weighted by Crippen LogP contribution is -2.04. The summed E-state index contributed by atoms with van der Waals surface area (Å²) in [6.07, 6.45) is 5.66. The Bertz CT molecular complexity index is 454. The molecule has 1 heterocycles. The maximum absolute atomic E-state index is 9.10. The van der Waals surface area contributed by atoms with Crippen LogP contribution >= 0.6 is 11.8 Å². The molecule has 1 saturated carbocycles. The van der Waals surface area contributed by atoms with E-state index in [1.807, 2.05) is 11.8 Å². The number of nitriles is 1. The van der Waals surface area contributed by atoms with Crippen molar-refractivity contribution in [3.05, 3.63) is 29.3 Å². The van der Waals surface area contributed by atoms with E-state index in [0.29, 0.717) is 0 Å². The fourth-order valence-electron chi connectivity index (χ4n) is 2.39. The Hall–Kier alpha value is -0.940. The van der Waals surface area contributed by atoms with Crippen molar-refractivity contribution in [1.29, 1.82) is 5.26 Å². The summed E-state index contributed by atoms with van der Waals surface area (Å²) in [7, 11) is 0. The minimum atomic E-state index is -0.00392. The molecule has 16 heavy (non-hydrogen) atoms. The van der Waals surface area contributed by atoms with Crippen molar-refractivity contribution in [2.75, 3.05) is 5.75 Å². The summed E-state index contributed by atoms with van der Waals surface area (Å²) in [6, 6.07) is 9.28. The van der Waals surface area contributed by atoms with Gasteiger partial charge in [0.05, 0.1) is 11.5 Å². The van der Waals surface area contributed by atoms with Gasteiger partial charge in [-0.1, -0.05) is 12.1 Å². The fourth-order valence-corrected chi connectivity index (χ4v) is 3.41. The maximum Gasteiger partial charge on any atom is 0.0693 e. The Balaban J connectivity index is 1.84. The first kappa shape index (κ1) is 10.2. The van der Waals surface area contributed by atoms with Crippen molar-refractivity contribution in [2.24, 2.45) is 5.41 Å². The van der Waals surface area contributed by atoms with Crippen LogP contribution in [0.1, 0.15) is 30.4 Å². The summed E-state index contributed by atoms with van der Waals surface area (Å²) in [6.45, 7) is 0. The highest BCUT2D eigenvalue weighted by Crippen LogP contribution is 2.48. The van der Waals surface area contributed by atoms with E-state index in [1.165, 1.54) is 34.6 Å². The number of hydrogen-bond acceptors (Lipinski definition) is 2. The molecule has 0 atom stereocenters. The van der Waals surface area contributed by atoms with Crippen LogP contribution in [0.2, 0.25) is 0 Å². The molecule has 2 aliphatic rings. The highest BCUT2D eigenvalue weighted by Gasteiger charge is 2.42. The van der Waals surface area contributed by atoms with Crippen molar-refractivity contribution in [3.8, 4) is 6.07 Å². The van der Waals surface area contributed by atoms with Gasteiger partial charge in [0.15, 0.2) is 0 Å². The van der Waals surface area contributed by atoms with Crippen LogP contribution in [0.3, 0.4) is 0 Å². The third-order valence-electron chi connectivity index (χ3n) is 3.61. The molecule has 1 aromatic carbocycles. The van der Waals surface area contributed by atoms with Gasteiger partial charge in [-0.15, -0.1) is 11.8 Å². The van der Waals surface area contributed by atoms with Gasteiger partial charge in [-0.25, -0.2) is 0 Å². The standard InChI is InChI=1S/C14H15NS/c15-10-14(5-6-14)9-11-3-4-13-12(8-11)2-1-7-16-13/h3-4,8H,1-2,5-7,9H2. The molecule has 0 spiro atoms. The van der Waals surface area contributed by atoms with Gasteiger partial charge in [0.1, 0.15) is 0 Å². The number of hydrogen-bond donors (Lipinski definition) is 0. The minimum Gasteiger partial charge on any atom is -0.198 e. The summed E-state index contributed by atoms with van der Waals surface area (Å²) in [5.74, 6) is 1.26. The van der Waals surface area contributed by atoms with E-state index < -0.39 is 0 Å². The topological polar surface area (TPSA) is 23.8 Å². The summed E-state index contributed by atoms with van der Waals surface area (Å²) in [5, 5.41) is 9.10. The zero-order valence-electron chi connectivity index (χ0n) is 9.33. The minimum absolute atomic E-state index is 0.00392. The Morgan fingerprint density at radius 1 is 1.38 bits per heavy atom. The molecule has 1 nitrogen and oxygen atoms in total. The second-order valence-electron chi connectivity index (χ2n) is 4.96. The predicted octanol–water partition coefficient (Wildman–Crippen LogP) is 3.57. The number of fused-ring (bicyclic) bond motifs is 1. The third-order valence-corrected chi connectivity index (χ3v) is 4.81. The van der Waals surface area contributed by atoms with Gasteiger partial charge in [0, 0.05) is 4.90 Å². The molecule has 0 saturated heterocycles. The average Bonchev–Trinajstić information content (AvgIpc) is 3.09. The van der Waals surface area contributed by atoms with Gasteiger partial charge < -0.3 is 0 Å². The molecule has 0 amide bonds. The number of aryl methyl sites for hydroxylation is 1. The largest absolute Gasteiger partial charge is 0.198 e. The maximum atomic E-state index is 9.10. The summed E-state index contributed by atoms with van der Waals surface area (Å²) < 4.78 is 0. The smallest absolute Gasteiger partial charge is 0.0693 e. The van der Waals surface area contributed by atoms with Crippen LogP contribution in [0.15, 0.2) is 23.1 Å². The SMILES string of the molecule is N#CC1(Cc2ccc3c(c2)CCCS3)CC1. The fraction of sp³-hybridized carbons (Fsp3) is 0.500. The van der Waals surface area contributed by atoms with Crippen LogP contribution in [-0.2, 0) is 12.8 Å². The molecule has 1 fully saturated rings. The highest BCUT2D eigenvalue weighted by molar-refractivity contribution is 7.99. The van der Waals surface area contributed by atoms with E-state index in [2.05, 4.69) is 24.3 Å². The Labute approximate surface area is 101 Å². The predicted molar refractivity (Wildman–Crippen MR) is 66.5 cm³/mol. The van der Waals surface area contributed by atoms with Gasteiger partial charge >= 0.3 is 0 Å². The van der Waals surface area contributed by atoms with Crippen LogP contribution in [0.5, 0.6) is 0 Å². The number of thioether (sulfide) groups is 1. The monoisotopic (exact) mass is 229 g/mol. The van der Waals surface area contributed by atoms with E-state index in [9.17, 15) is 0 Å². The second-order valence-corrected chi connectivity index (χ2v) is 6.10. The molecular formula is C14H15NS. The molecular weight excluding hydrogens is 214 g/mol. The van der Waals surface area contributed by atoms with Crippen molar-refractivity contribution < 1.29 is 0 Å². The van der Waals surface area contributed by atoms with Gasteiger partial charge in [0.2, 0.25) is 0 Å². The Morgan fingerprint density at radius 2 is 2.25 bits per heavy atom. The van der Waals surface area contributed by atoms with E-state index >= 15 is 0 Å². The lowest BCUT2D eigenvalue weighted by Gasteiger charge is -2.16. The summed E-state index contributed by atoms with van der Waals surface area (Å²) >= 11 is 1.97. The normalized spacial score (nSPS) is 20.9. The van der Waals surface area contributed by atoms with E-state index in [4.69, 9.17) is 5.26 Å². The molecule has 1 aliphatic carbocycles. The lowest BCUT2D eigenvalue weighted by molar-refractivity contribution is 0.663. The lowest BCUT2D eigenvalue weighted by atomic mass is 9.96. The van der Waals surface area contributed by atoms with Gasteiger partial charge in [-0.05, 0) is 55.1 Å². The van der Waals surface area contributed by atoms with E-state index in [0.717, 1.165) is 19.3 Å². The van der Waals surface area contributed by atoms with Crippen molar-refractivity contribution in [3.63, 3.8) is 0 Å². The molecule has 82 valence electrons. The molecule has 0 N–H and O–H groups in total. The summed E-state index contributed by atoms with van der Waals surface area (Å²) in [5.41, 5.74) is 2.86. The first-order chi connectivity index (χ1) is 7.81. The van der Waals surface area contributed by atoms with E-state index in [1.54, 1.807) is 0 Å². The number of rotatable bonds is 2. The first-order valence-electron chi connectivity index (χ1n) is 5.97. The summed E-state index contributed by atoms with van der Waals surface area (Å²) in [4.78, 5) is 1.46. The quantitative estimate of drug-likeness (QED) is 0.774. The first-order valence-corrected chi connectivity index (χ1v) is 6.96. The van der Waals surface area contributed by atoms with Crippen LogP contribution in [0.4, 0.5) is 0 Å². The molecule has 0 unspecified atom stereocenters. The van der Waals surface area contributed by atoms with Crippen LogP contribution in [0, 0.1) is 16.7 Å². The Morgan fingerprint density at radius 3 is 3.00 bits per heavy atom. The number of nitrogens with zero attached hydrogens (tertiary/aromatic N) is 1. The molecule has 1 aliphatic heterocycles. The van der Waals surface area contributed by atoms with Crippen LogP contribution in [0.25, 0.3) is 0 Å². The highest BCUT2D eigenvalue weighted by atomic mass is 32.2. The molecule has 0 radical (unpaired) electrons. The molecule has 3 rings (SSSR count). The third kappa shape index (κ3) is 1.85. The zero-order valence-corrected chi connectivity index (χ0v) is 10.1. The second kappa shape index (κ2) is 3.82. The van der Waals surface area contributed by atoms with Crippen LogP contribution < -0.4 is 0 Å². The van der Waals surface area contributed by atoms with Crippen molar-refractivity contribution in [1.82, 2.24) is 0 Å². The van der Waals surface area contributed by atoms with Crippen molar-refractivity contribution >= 4 is 11.8 Å². The Kier molecular flexibility index (Phi) is 2.44. The molecule has 0 bridgehead atoms. The molecule has 0 aromatic heterocycles. The number of benzene rings is 1. The molecule has 1 aromatic rings. The van der Waals surface area contributed by atoms with Crippen LogP contribution in [-0.4, -0.2) is 5.75 Å². The molecule has 2 heteroatoms. The van der Waals surface area contributed by atoms with Gasteiger partial charge in [-0.2, -0.15) is 5.26 Å². The van der Waals surface area contributed by atoms with Gasteiger partial charge in [0.25, 0.3) is 0 Å². The van der Waals surface area contributed by atoms with E-state index in [-0.39, 0.29) is 5.41 Å². The van der Waals surface area contributed by atoms with Crippen molar-refractivity contribution in [2.45, 2.75) is 37.0 Å². The van der Waals surface area contributed by atoms with Gasteiger partial charge in [-0.3, -0.25) is 0 Å². The average molecular weight is 229 g/mol.